The smallest absolute Gasteiger partial charge is 0.192 e. The van der Waals surface area contributed by atoms with Gasteiger partial charge >= 0.3 is 10.1 Å². The van der Waals surface area contributed by atoms with E-state index in [0.29, 0.717) is 5.56 Å². The van der Waals surface area contributed by atoms with E-state index < -0.39 is 10.1 Å². The maximum absolute atomic E-state index is 10.7. The molecule has 12 heavy (non-hydrogen) atoms. The van der Waals surface area contributed by atoms with Crippen LogP contribution in [0.15, 0.2) is 23.1 Å². The Morgan fingerprint density at radius 3 is 2.17 bits per heavy atom. The summed E-state index contributed by atoms with van der Waals surface area (Å²) in [5.74, 6) is 0. The molecule has 0 heterocycles. The molecular formula is C8H9O3S. The van der Waals surface area contributed by atoms with Gasteiger partial charge in [0.25, 0.3) is 0 Å². The Morgan fingerprint density at radius 2 is 1.75 bits per heavy atom. The molecular weight excluding hydrogens is 176 g/mol. The van der Waals surface area contributed by atoms with Gasteiger partial charge < -0.3 is 0 Å². The lowest BCUT2D eigenvalue weighted by molar-refractivity contribution is 0.414. The van der Waals surface area contributed by atoms with E-state index >= 15 is 0 Å². The van der Waals surface area contributed by atoms with E-state index in [1.165, 1.54) is 6.07 Å². The SMILES string of the molecule is Cc1ccc(C)c(S([O])(=O)=O)c1. The van der Waals surface area contributed by atoms with Crippen LogP contribution in [0.5, 0.6) is 0 Å². The molecule has 65 valence electrons. The third-order valence-electron chi connectivity index (χ3n) is 1.61. The van der Waals surface area contributed by atoms with Gasteiger partial charge in [-0.3, -0.25) is 0 Å². The summed E-state index contributed by atoms with van der Waals surface area (Å²) < 4.78 is 32.0. The Morgan fingerprint density at radius 1 is 1.17 bits per heavy atom. The standard InChI is InChI=1S/C8H9O3S/c1-6-3-4-7(2)8(5-6)12(9,10)11/h3-5H,1-2H3. The van der Waals surface area contributed by atoms with Crippen molar-refractivity contribution in [1.29, 1.82) is 0 Å². The lowest BCUT2D eigenvalue weighted by atomic mass is 10.2. The van der Waals surface area contributed by atoms with Crippen molar-refractivity contribution in [3.63, 3.8) is 0 Å². The van der Waals surface area contributed by atoms with Crippen LogP contribution in [0.25, 0.3) is 0 Å². The Labute approximate surface area is 71.8 Å². The van der Waals surface area contributed by atoms with Crippen molar-refractivity contribution in [1.82, 2.24) is 0 Å². The van der Waals surface area contributed by atoms with Gasteiger partial charge in [-0.25, -0.2) is 0 Å². The molecule has 0 bridgehead atoms. The summed E-state index contributed by atoms with van der Waals surface area (Å²) in [6.07, 6.45) is 0. The Kier molecular flexibility index (Phi) is 2.21. The van der Waals surface area contributed by atoms with E-state index in [-0.39, 0.29) is 4.90 Å². The molecule has 0 aliphatic heterocycles. The van der Waals surface area contributed by atoms with Crippen molar-refractivity contribution < 1.29 is 13.0 Å². The molecule has 0 fully saturated rings. The van der Waals surface area contributed by atoms with Gasteiger partial charge in [0.2, 0.25) is 0 Å². The maximum Gasteiger partial charge on any atom is 0.324 e. The van der Waals surface area contributed by atoms with E-state index in [2.05, 4.69) is 0 Å². The zero-order chi connectivity index (χ0) is 9.35. The molecule has 0 saturated carbocycles. The highest BCUT2D eigenvalue weighted by molar-refractivity contribution is 7.85. The molecule has 0 amide bonds. The van der Waals surface area contributed by atoms with Crippen LogP contribution in [0, 0.1) is 13.8 Å². The summed E-state index contributed by atoms with van der Waals surface area (Å²) in [6.45, 7) is 3.35. The second kappa shape index (κ2) is 2.88. The Bertz CT molecular complexity index is 393. The van der Waals surface area contributed by atoms with Crippen molar-refractivity contribution in [2.75, 3.05) is 0 Å². The normalized spacial score (nSPS) is 11.6. The van der Waals surface area contributed by atoms with Crippen LogP contribution >= 0.6 is 0 Å². The number of hydrogen-bond donors (Lipinski definition) is 0. The van der Waals surface area contributed by atoms with Crippen LogP contribution < -0.4 is 0 Å². The first-order valence-corrected chi connectivity index (χ1v) is 4.85. The quantitative estimate of drug-likeness (QED) is 0.664. The van der Waals surface area contributed by atoms with E-state index in [1.807, 2.05) is 0 Å². The van der Waals surface area contributed by atoms with Crippen LogP contribution in [-0.4, -0.2) is 8.42 Å². The van der Waals surface area contributed by atoms with Crippen LogP contribution in [-0.2, 0) is 14.7 Å². The third kappa shape index (κ3) is 1.84. The summed E-state index contributed by atoms with van der Waals surface area (Å²) in [4.78, 5) is -0.123. The highest BCUT2D eigenvalue weighted by Crippen LogP contribution is 2.16. The topological polar surface area (TPSA) is 54.0 Å². The molecule has 0 saturated heterocycles. The molecule has 0 spiro atoms. The first kappa shape index (κ1) is 9.22. The van der Waals surface area contributed by atoms with E-state index in [4.69, 9.17) is 0 Å². The van der Waals surface area contributed by atoms with Gasteiger partial charge in [-0.05, 0) is 31.0 Å². The lowest BCUT2D eigenvalue weighted by Crippen LogP contribution is -1.99. The van der Waals surface area contributed by atoms with Gasteiger partial charge in [0.1, 0.15) is 0 Å². The molecule has 1 radical (unpaired) electrons. The highest BCUT2D eigenvalue weighted by atomic mass is 32.2. The molecule has 0 unspecified atom stereocenters. The fourth-order valence-corrected chi connectivity index (χ4v) is 1.77. The number of benzene rings is 1. The van der Waals surface area contributed by atoms with E-state index in [0.717, 1.165) is 5.56 Å². The summed E-state index contributed by atoms with van der Waals surface area (Å²) in [5, 5.41) is 0. The minimum atomic E-state index is -4.31. The average Bonchev–Trinajstić information content (AvgIpc) is 1.92. The molecule has 4 heteroatoms. The monoisotopic (exact) mass is 185 g/mol. The fraction of sp³-hybridized carbons (Fsp3) is 0.250. The van der Waals surface area contributed by atoms with Gasteiger partial charge in [0.15, 0.2) is 0 Å². The summed E-state index contributed by atoms with van der Waals surface area (Å²) in [7, 11) is -4.31. The minimum absolute atomic E-state index is 0.123. The van der Waals surface area contributed by atoms with E-state index in [9.17, 15) is 13.0 Å². The van der Waals surface area contributed by atoms with Crippen LogP contribution in [0.2, 0.25) is 0 Å². The number of aryl methyl sites for hydroxylation is 2. The maximum atomic E-state index is 10.7. The summed E-state index contributed by atoms with van der Waals surface area (Å²) in [6, 6.07) is 4.78. The third-order valence-corrected chi connectivity index (χ3v) is 2.59. The Balaban J connectivity index is 3.43. The van der Waals surface area contributed by atoms with Crippen molar-refractivity contribution in [2.45, 2.75) is 18.7 Å². The molecule has 1 aromatic carbocycles. The molecule has 0 N–H and O–H groups in total. The second-order valence-corrected chi connectivity index (χ2v) is 4.07. The first-order chi connectivity index (χ1) is 5.41. The molecule has 0 atom stereocenters. The largest absolute Gasteiger partial charge is 0.324 e. The van der Waals surface area contributed by atoms with E-state index in [1.54, 1.807) is 26.0 Å². The number of hydrogen-bond acceptors (Lipinski definition) is 2. The minimum Gasteiger partial charge on any atom is -0.192 e. The molecule has 1 rings (SSSR count). The van der Waals surface area contributed by atoms with Gasteiger partial charge in [-0.2, -0.15) is 8.42 Å². The summed E-state index contributed by atoms with van der Waals surface area (Å²) >= 11 is 0. The molecule has 3 nitrogen and oxygen atoms in total. The van der Waals surface area contributed by atoms with Crippen molar-refractivity contribution in [3.8, 4) is 0 Å². The second-order valence-electron chi connectivity index (χ2n) is 2.72. The predicted molar refractivity (Wildman–Crippen MR) is 43.8 cm³/mol. The van der Waals surface area contributed by atoms with Gasteiger partial charge in [-0.1, -0.05) is 16.7 Å². The van der Waals surface area contributed by atoms with Crippen molar-refractivity contribution in [3.05, 3.63) is 29.3 Å². The molecule has 0 aliphatic carbocycles. The lowest BCUT2D eigenvalue weighted by Gasteiger charge is -2.00. The van der Waals surface area contributed by atoms with Crippen molar-refractivity contribution >= 4 is 10.1 Å². The fourth-order valence-electron chi connectivity index (χ4n) is 0.977. The van der Waals surface area contributed by atoms with Gasteiger partial charge in [-0.15, -0.1) is 0 Å². The number of rotatable bonds is 1. The molecule has 0 aromatic heterocycles. The Hall–Kier alpha value is -0.870. The van der Waals surface area contributed by atoms with Crippen LogP contribution in [0.3, 0.4) is 0 Å². The zero-order valence-electron chi connectivity index (χ0n) is 6.87. The highest BCUT2D eigenvalue weighted by Gasteiger charge is 2.14. The molecule has 0 aliphatic rings. The van der Waals surface area contributed by atoms with Crippen LogP contribution in [0.1, 0.15) is 11.1 Å². The summed E-state index contributed by atoms with van der Waals surface area (Å²) in [5.41, 5.74) is 1.27. The average molecular weight is 185 g/mol. The first-order valence-electron chi connectivity index (χ1n) is 3.44. The van der Waals surface area contributed by atoms with Crippen LogP contribution in [0.4, 0.5) is 0 Å². The molecule has 1 aromatic rings. The predicted octanol–water partition coefficient (Wildman–Crippen LogP) is 1.42. The van der Waals surface area contributed by atoms with Gasteiger partial charge in [0.05, 0.1) is 4.90 Å². The van der Waals surface area contributed by atoms with Crippen molar-refractivity contribution in [2.24, 2.45) is 0 Å². The zero-order valence-corrected chi connectivity index (χ0v) is 7.68. The van der Waals surface area contributed by atoms with Gasteiger partial charge in [0, 0.05) is 0 Å².